The molecule has 19 heavy (non-hydrogen) atoms. The Morgan fingerprint density at radius 1 is 1.47 bits per heavy atom. The molecule has 0 fully saturated rings. The van der Waals surface area contributed by atoms with Crippen LogP contribution in [0.2, 0.25) is 4.47 Å². The zero-order valence-electron chi connectivity index (χ0n) is 10.4. The smallest absolute Gasteiger partial charge is 0.254 e. The fraction of sp³-hybridized carbons (Fsp3) is 0.273. The molecule has 0 aliphatic carbocycles. The molecule has 0 N–H and O–H groups in total. The monoisotopic (exact) mass is 317 g/mol. The maximum absolute atomic E-state index is 12.4. The minimum atomic E-state index is -3.57. The molecule has 0 unspecified atom stereocenters. The van der Waals surface area contributed by atoms with Crippen LogP contribution in [0.4, 0.5) is 0 Å². The summed E-state index contributed by atoms with van der Waals surface area (Å²) in [6.07, 6.45) is 3.28. The minimum Gasteiger partial charge on any atom is -0.264 e. The van der Waals surface area contributed by atoms with E-state index in [1.165, 1.54) is 11.4 Å². The molecule has 2 aromatic rings. The van der Waals surface area contributed by atoms with Gasteiger partial charge >= 0.3 is 0 Å². The predicted molar refractivity (Wildman–Crippen MR) is 74.8 cm³/mol. The van der Waals surface area contributed by atoms with Crippen molar-refractivity contribution in [1.82, 2.24) is 14.3 Å². The Hall–Kier alpha value is -1.02. The van der Waals surface area contributed by atoms with Crippen LogP contribution < -0.4 is 0 Å². The summed E-state index contributed by atoms with van der Waals surface area (Å²) in [4.78, 5) is 7.89. The molecule has 0 bridgehead atoms. The average molecular weight is 318 g/mol. The van der Waals surface area contributed by atoms with Gasteiger partial charge in [0.25, 0.3) is 10.0 Å². The predicted octanol–water partition coefficient (Wildman–Crippen LogP) is 2.32. The van der Waals surface area contributed by atoms with Crippen molar-refractivity contribution in [1.29, 1.82) is 0 Å². The zero-order chi connectivity index (χ0) is 14.0. The van der Waals surface area contributed by atoms with Crippen LogP contribution in [0.25, 0.3) is 0 Å². The van der Waals surface area contributed by atoms with Crippen LogP contribution in [-0.2, 0) is 16.6 Å². The topological polar surface area (TPSA) is 63.2 Å². The molecule has 102 valence electrons. The molecule has 0 saturated carbocycles. The number of halogens is 1. The highest BCUT2D eigenvalue weighted by Crippen LogP contribution is 2.29. The van der Waals surface area contributed by atoms with Gasteiger partial charge in [-0.25, -0.2) is 13.4 Å². The number of aromatic nitrogens is 2. The van der Waals surface area contributed by atoms with Gasteiger partial charge in [-0.1, -0.05) is 29.0 Å². The standard InChI is InChI=1S/C11H12ClN3O2S2/c1-8-10(18-11(12)14-8)19(16,17)15(2)7-9-4-3-5-13-6-9/h3-6H,7H2,1-2H3. The first-order chi connectivity index (χ1) is 8.91. The van der Waals surface area contributed by atoms with Crippen LogP contribution in [0.3, 0.4) is 0 Å². The normalized spacial score (nSPS) is 12.0. The van der Waals surface area contributed by atoms with E-state index in [0.29, 0.717) is 5.69 Å². The second kappa shape index (κ2) is 5.54. The largest absolute Gasteiger partial charge is 0.264 e. The lowest BCUT2D eigenvalue weighted by Gasteiger charge is -2.16. The fourth-order valence-corrected chi connectivity index (χ4v) is 4.65. The molecule has 0 aliphatic heterocycles. The SMILES string of the molecule is Cc1nc(Cl)sc1S(=O)(=O)N(C)Cc1cccnc1. The molecule has 2 aromatic heterocycles. The number of hydrogen-bond acceptors (Lipinski definition) is 5. The average Bonchev–Trinajstić information content (AvgIpc) is 2.70. The highest BCUT2D eigenvalue weighted by atomic mass is 35.5. The van der Waals surface area contributed by atoms with Crippen LogP contribution >= 0.6 is 22.9 Å². The number of thiazole rings is 1. The Bertz CT molecular complexity index is 671. The number of sulfonamides is 1. The van der Waals surface area contributed by atoms with Gasteiger partial charge in [0.1, 0.15) is 0 Å². The maximum atomic E-state index is 12.4. The Morgan fingerprint density at radius 2 is 2.21 bits per heavy atom. The van der Waals surface area contributed by atoms with Crippen molar-refractivity contribution in [3.05, 3.63) is 40.3 Å². The highest BCUT2D eigenvalue weighted by Gasteiger charge is 2.26. The third-order valence-corrected chi connectivity index (χ3v) is 6.15. The molecular formula is C11H12ClN3O2S2. The summed E-state index contributed by atoms with van der Waals surface area (Å²) in [5.74, 6) is 0. The molecular weight excluding hydrogens is 306 g/mol. The Balaban J connectivity index is 2.27. The Kier molecular flexibility index (Phi) is 4.19. The molecule has 0 amide bonds. The summed E-state index contributed by atoms with van der Waals surface area (Å²) in [6, 6.07) is 3.59. The van der Waals surface area contributed by atoms with E-state index in [1.807, 2.05) is 6.07 Å². The number of nitrogens with zero attached hydrogens (tertiary/aromatic N) is 3. The second-order valence-corrected chi connectivity index (χ2v) is 7.78. The number of aryl methyl sites for hydroxylation is 1. The van der Waals surface area contributed by atoms with Crippen LogP contribution in [0.15, 0.2) is 28.7 Å². The van der Waals surface area contributed by atoms with Crippen LogP contribution in [0.5, 0.6) is 0 Å². The van der Waals surface area contributed by atoms with E-state index in [2.05, 4.69) is 9.97 Å². The summed E-state index contributed by atoms with van der Waals surface area (Å²) in [6.45, 7) is 1.89. The lowest BCUT2D eigenvalue weighted by Crippen LogP contribution is -2.26. The minimum absolute atomic E-state index is 0.184. The number of rotatable bonds is 4. The molecule has 0 atom stereocenters. The summed E-state index contributed by atoms with van der Waals surface area (Å²) in [7, 11) is -2.05. The van der Waals surface area contributed by atoms with Gasteiger partial charge in [0, 0.05) is 26.0 Å². The van der Waals surface area contributed by atoms with E-state index in [-0.39, 0.29) is 15.2 Å². The van der Waals surface area contributed by atoms with Crippen LogP contribution in [0.1, 0.15) is 11.3 Å². The third-order valence-electron chi connectivity index (χ3n) is 2.50. The van der Waals surface area contributed by atoms with E-state index in [4.69, 9.17) is 11.6 Å². The van der Waals surface area contributed by atoms with E-state index in [1.54, 1.807) is 25.4 Å². The lowest BCUT2D eigenvalue weighted by atomic mass is 10.3. The van der Waals surface area contributed by atoms with Crippen molar-refractivity contribution in [3.8, 4) is 0 Å². The quantitative estimate of drug-likeness (QED) is 0.868. The Morgan fingerprint density at radius 3 is 2.74 bits per heavy atom. The maximum Gasteiger partial charge on any atom is 0.254 e. The zero-order valence-corrected chi connectivity index (χ0v) is 12.8. The van der Waals surface area contributed by atoms with Crippen LogP contribution in [-0.4, -0.2) is 29.7 Å². The van der Waals surface area contributed by atoms with Gasteiger partial charge in [0.2, 0.25) is 0 Å². The van der Waals surface area contributed by atoms with Gasteiger partial charge in [-0.3, -0.25) is 4.98 Å². The van der Waals surface area contributed by atoms with Crippen molar-refractivity contribution in [2.75, 3.05) is 7.05 Å². The molecule has 8 heteroatoms. The molecule has 0 aromatic carbocycles. The molecule has 0 radical (unpaired) electrons. The fourth-order valence-electron chi connectivity index (χ4n) is 1.57. The van der Waals surface area contributed by atoms with E-state index in [0.717, 1.165) is 16.9 Å². The summed E-state index contributed by atoms with van der Waals surface area (Å²) >= 11 is 6.72. The summed E-state index contributed by atoms with van der Waals surface area (Å²) in [5.41, 5.74) is 1.25. The van der Waals surface area contributed by atoms with E-state index in [9.17, 15) is 8.42 Å². The van der Waals surface area contributed by atoms with Gasteiger partial charge in [0.05, 0.1) is 5.69 Å². The van der Waals surface area contributed by atoms with Gasteiger partial charge in [-0.2, -0.15) is 4.31 Å². The molecule has 0 saturated heterocycles. The van der Waals surface area contributed by atoms with Gasteiger partial charge < -0.3 is 0 Å². The van der Waals surface area contributed by atoms with Gasteiger partial charge in [-0.05, 0) is 18.6 Å². The molecule has 0 spiro atoms. The van der Waals surface area contributed by atoms with Crippen molar-refractivity contribution < 1.29 is 8.42 Å². The van der Waals surface area contributed by atoms with Gasteiger partial charge in [-0.15, -0.1) is 0 Å². The molecule has 2 rings (SSSR count). The van der Waals surface area contributed by atoms with Crippen molar-refractivity contribution in [3.63, 3.8) is 0 Å². The number of hydrogen-bond donors (Lipinski definition) is 0. The third kappa shape index (κ3) is 3.11. The van der Waals surface area contributed by atoms with Gasteiger partial charge in [0.15, 0.2) is 8.68 Å². The first kappa shape index (κ1) is 14.4. The molecule has 0 aliphatic rings. The summed E-state index contributed by atoms with van der Waals surface area (Å²) < 4.78 is 26.5. The van der Waals surface area contributed by atoms with Crippen LogP contribution in [0, 0.1) is 6.92 Å². The van der Waals surface area contributed by atoms with E-state index < -0.39 is 10.0 Å². The van der Waals surface area contributed by atoms with Crippen molar-refractivity contribution in [2.24, 2.45) is 0 Å². The number of pyridine rings is 1. The highest BCUT2D eigenvalue weighted by molar-refractivity contribution is 7.91. The molecule has 5 nitrogen and oxygen atoms in total. The lowest BCUT2D eigenvalue weighted by molar-refractivity contribution is 0.467. The first-order valence-corrected chi connectivity index (χ1v) is 8.03. The summed E-state index contributed by atoms with van der Waals surface area (Å²) in [5, 5.41) is 0. The van der Waals surface area contributed by atoms with Crippen molar-refractivity contribution >= 4 is 33.0 Å². The molecule has 2 heterocycles. The Labute approximate surface area is 120 Å². The van der Waals surface area contributed by atoms with Crippen molar-refractivity contribution in [2.45, 2.75) is 17.7 Å². The van der Waals surface area contributed by atoms with E-state index >= 15 is 0 Å². The second-order valence-electron chi connectivity index (χ2n) is 3.96. The first-order valence-electron chi connectivity index (χ1n) is 5.39.